The normalized spacial score (nSPS) is 24.3. The van der Waals surface area contributed by atoms with Crippen LogP contribution in [-0.4, -0.2) is 67.6 Å². The number of halogens is 3. The molecule has 1 aliphatic carbocycles. The molecule has 0 bridgehead atoms. The molecule has 4 rings (SSSR count). The van der Waals surface area contributed by atoms with Crippen LogP contribution in [0.5, 0.6) is 0 Å². The van der Waals surface area contributed by atoms with E-state index in [0.29, 0.717) is 12.5 Å². The van der Waals surface area contributed by atoms with Gasteiger partial charge in [0.25, 0.3) is 0 Å². The second-order valence-electron chi connectivity index (χ2n) is 9.42. The first-order valence-corrected chi connectivity index (χ1v) is 11.9. The number of nitrogens with zero attached hydrogens (tertiary/aromatic N) is 5. The largest absolute Gasteiger partial charge is 0.490 e. The van der Waals surface area contributed by atoms with Crippen LogP contribution >= 0.6 is 0 Å². The quantitative estimate of drug-likeness (QED) is 0.723. The lowest BCUT2D eigenvalue weighted by molar-refractivity contribution is -0.192. The van der Waals surface area contributed by atoms with Crippen LogP contribution in [0.4, 0.5) is 13.2 Å². The number of carboxylic acid groups (broad SMARTS) is 1. The molecule has 2 aliphatic heterocycles. The van der Waals surface area contributed by atoms with E-state index in [-0.39, 0.29) is 5.92 Å². The molecule has 0 atom stereocenters. The Morgan fingerprint density at radius 1 is 1.00 bits per heavy atom. The van der Waals surface area contributed by atoms with Crippen molar-refractivity contribution in [2.24, 2.45) is 11.8 Å². The Kier molecular flexibility index (Phi) is 8.72. The molecular weight excluding hydrogens is 439 g/mol. The van der Waals surface area contributed by atoms with Gasteiger partial charge in [-0.25, -0.2) is 9.48 Å². The first kappa shape index (κ1) is 25.5. The molecule has 3 aliphatic rings. The zero-order valence-electron chi connectivity index (χ0n) is 19.2. The lowest BCUT2D eigenvalue weighted by Gasteiger charge is -2.30. The highest BCUT2D eigenvalue weighted by Gasteiger charge is 2.38. The number of carboxylic acids is 1. The van der Waals surface area contributed by atoms with Crippen molar-refractivity contribution in [2.45, 2.75) is 84.1 Å². The zero-order chi connectivity index (χ0) is 24.0. The number of carbonyl (C=O) groups is 2. The fourth-order valence-corrected chi connectivity index (χ4v) is 4.80. The van der Waals surface area contributed by atoms with Crippen molar-refractivity contribution in [2.75, 3.05) is 19.6 Å². The van der Waals surface area contributed by atoms with Crippen molar-refractivity contribution in [1.29, 1.82) is 0 Å². The van der Waals surface area contributed by atoms with Gasteiger partial charge in [-0.05, 0) is 64.0 Å². The highest BCUT2D eigenvalue weighted by Crippen LogP contribution is 2.30. The molecule has 1 saturated carbocycles. The summed E-state index contributed by atoms with van der Waals surface area (Å²) in [6, 6.07) is 0. The fraction of sp³-hybridized carbons (Fsp3) is 0.818. The van der Waals surface area contributed by atoms with Gasteiger partial charge in [-0.3, -0.25) is 9.69 Å². The van der Waals surface area contributed by atoms with Crippen molar-refractivity contribution >= 4 is 11.9 Å². The molecule has 186 valence electrons. The van der Waals surface area contributed by atoms with Crippen molar-refractivity contribution in [3.8, 4) is 0 Å². The lowest BCUT2D eigenvalue weighted by atomic mass is 9.82. The van der Waals surface area contributed by atoms with E-state index in [2.05, 4.69) is 31.7 Å². The van der Waals surface area contributed by atoms with Gasteiger partial charge in [0.05, 0.1) is 12.2 Å². The van der Waals surface area contributed by atoms with Crippen molar-refractivity contribution in [1.82, 2.24) is 24.8 Å². The van der Waals surface area contributed by atoms with E-state index >= 15 is 0 Å². The molecule has 1 N–H and O–H groups in total. The standard InChI is InChI=1S/C20H33N5O.C2HF3O2/c1-16-6-8-17(9-7-16)20(26)24-12-5-13-25-19(15-24)18(21-22-25)14-23-10-3-2-4-11-23;3-2(4,5)1(6)7/h16-17H,2-15H2,1H3;(H,6,7). The van der Waals surface area contributed by atoms with E-state index in [0.717, 1.165) is 63.6 Å². The van der Waals surface area contributed by atoms with Gasteiger partial charge in [-0.15, -0.1) is 5.10 Å². The van der Waals surface area contributed by atoms with Crippen LogP contribution in [0.1, 0.15) is 69.7 Å². The summed E-state index contributed by atoms with van der Waals surface area (Å²) in [5.41, 5.74) is 2.26. The molecule has 8 nitrogen and oxygen atoms in total. The number of amides is 1. The van der Waals surface area contributed by atoms with E-state index in [1.165, 1.54) is 37.8 Å². The number of carbonyl (C=O) groups excluding carboxylic acids is 1. The SMILES string of the molecule is CC1CCC(C(=O)N2CCCn3nnc(CN4CCCCC4)c3C2)CC1.O=C(O)C(F)(F)F. The molecule has 2 fully saturated rings. The summed E-state index contributed by atoms with van der Waals surface area (Å²) in [5.74, 6) is -1.37. The molecule has 0 spiro atoms. The molecule has 3 heterocycles. The summed E-state index contributed by atoms with van der Waals surface area (Å²) in [7, 11) is 0. The number of aryl methyl sites for hydroxylation is 1. The van der Waals surface area contributed by atoms with E-state index in [1.807, 2.05) is 0 Å². The van der Waals surface area contributed by atoms with Crippen LogP contribution in [0.15, 0.2) is 0 Å². The van der Waals surface area contributed by atoms with Crippen LogP contribution < -0.4 is 0 Å². The highest BCUT2D eigenvalue weighted by atomic mass is 19.4. The summed E-state index contributed by atoms with van der Waals surface area (Å²) in [4.78, 5) is 26.6. The maximum absolute atomic E-state index is 13.1. The molecule has 0 radical (unpaired) electrons. The van der Waals surface area contributed by atoms with Gasteiger partial charge >= 0.3 is 12.1 Å². The number of aliphatic carboxylic acids is 1. The minimum atomic E-state index is -5.08. The average Bonchev–Trinajstić information content (AvgIpc) is 3.01. The van der Waals surface area contributed by atoms with Crippen molar-refractivity contribution < 1.29 is 27.9 Å². The molecule has 0 unspecified atom stereocenters. The van der Waals surface area contributed by atoms with Gasteiger partial charge in [0, 0.05) is 25.6 Å². The molecule has 0 aromatic carbocycles. The predicted octanol–water partition coefficient (Wildman–Crippen LogP) is 3.46. The monoisotopic (exact) mass is 473 g/mol. The Hall–Kier alpha value is -2.17. The molecular formula is C22H34F3N5O3. The van der Waals surface area contributed by atoms with E-state index in [4.69, 9.17) is 9.90 Å². The topological polar surface area (TPSA) is 91.6 Å². The van der Waals surface area contributed by atoms with Crippen LogP contribution in [0.3, 0.4) is 0 Å². The second kappa shape index (κ2) is 11.3. The van der Waals surface area contributed by atoms with Gasteiger partial charge < -0.3 is 10.0 Å². The maximum atomic E-state index is 13.1. The Labute approximate surface area is 192 Å². The minimum Gasteiger partial charge on any atom is -0.475 e. The fourth-order valence-electron chi connectivity index (χ4n) is 4.80. The Bertz CT molecular complexity index is 800. The Morgan fingerprint density at radius 3 is 2.24 bits per heavy atom. The summed E-state index contributed by atoms with van der Waals surface area (Å²) < 4.78 is 33.8. The first-order valence-electron chi connectivity index (χ1n) is 11.9. The van der Waals surface area contributed by atoms with Crippen molar-refractivity contribution in [3.63, 3.8) is 0 Å². The first-order chi connectivity index (χ1) is 15.6. The van der Waals surface area contributed by atoms with E-state index in [9.17, 15) is 18.0 Å². The van der Waals surface area contributed by atoms with Crippen LogP contribution in [0.2, 0.25) is 0 Å². The Morgan fingerprint density at radius 2 is 1.64 bits per heavy atom. The van der Waals surface area contributed by atoms with Gasteiger partial charge in [0.1, 0.15) is 5.69 Å². The average molecular weight is 474 g/mol. The number of hydrogen-bond donors (Lipinski definition) is 1. The minimum absolute atomic E-state index is 0.235. The number of fused-ring (bicyclic) bond motifs is 1. The Balaban J connectivity index is 0.000000383. The molecule has 1 aromatic heterocycles. The summed E-state index contributed by atoms with van der Waals surface area (Å²) >= 11 is 0. The molecule has 11 heteroatoms. The molecule has 1 amide bonds. The predicted molar refractivity (Wildman–Crippen MR) is 114 cm³/mol. The number of rotatable bonds is 3. The second-order valence-corrected chi connectivity index (χ2v) is 9.42. The van der Waals surface area contributed by atoms with Crippen LogP contribution in [0.25, 0.3) is 0 Å². The van der Waals surface area contributed by atoms with Gasteiger partial charge in [0.15, 0.2) is 0 Å². The third-order valence-electron chi connectivity index (χ3n) is 6.80. The number of hydrogen-bond acceptors (Lipinski definition) is 5. The molecule has 1 aromatic rings. The van der Waals surface area contributed by atoms with Gasteiger partial charge in [-0.2, -0.15) is 13.2 Å². The smallest absolute Gasteiger partial charge is 0.475 e. The lowest BCUT2D eigenvalue weighted by Crippen LogP contribution is -2.37. The van der Waals surface area contributed by atoms with Crippen LogP contribution in [0, 0.1) is 11.8 Å². The van der Waals surface area contributed by atoms with Crippen molar-refractivity contribution in [3.05, 3.63) is 11.4 Å². The van der Waals surface area contributed by atoms with E-state index < -0.39 is 12.1 Å². The van der Waals surface area contributed by atoms with E-state index in [1.54, 1.807) is 0 Å². The summed E-state index contributed by atoms with van der Waals surface area (Å²) in [5, 5.41) is 16.0. The number of alkyl halides is 3. The molecule has 1 saturated heterocycles. The highest BCUT2D eigenvalue weighted by molar-refractivity contribution is 5.79. The third kappa shape index (κ3) is 7.15. The summed E-state index contributed by atoms with van der Waals surface area (Å²) in [6.45, 7) is 7.96. The van der Waals surface area contributed by atoms with Gasteiger partial charge in [0.2, 0.25) is 5.91 Å². The maximum Gasteiger partial charge on any atom is 0.490 e. The number of piperidine rings is 1. The third-order valence-corrected chi connectivity index (χ3v) is 6.80. The van der Waals surface area contributed by atoms with Gasteiger partial charge in [-0.1, -0.05) is 18.6 Å². The number of likely N-dealkylation sites (tertiary alicyclic amines) is 1. The molecule has 33 heavy (non-hydrogen) atoms. The van der Waals surface area contributed by atoms with Crippen LogP contribution in [-0.2, 0) is 29.2 Å². The zero-order valence-corrected chi connectivity index (χ0v) is 19.2. The number of aromatic nitrogens is 3. The summed E-state index contributed by atoms with van der Waals surface area (Å²) in [6.07, 6.45) is 4.34.